The first-order valence-corrected chi connectivity index (χ1v) is 7.02. The van der Waals surface area contributed by atoms with Gasteiger partial charge in [0.15, 0.2) is 0 Å². The highest BCUT2D eigenvalue weighted by molar-refractivity contribution is 4.95. The lowest BCUT2D eigenvalue weighted by atomic mass is 9.89. The second-order valence-corrected chi connectivity index (χ2v) is 5.88. The largest absolute Gasteiger partial charge is 0.311 e. The molecule has 1 saturated heterocycles. The van der Waals surface area contributed by atoms with Crippen molar-refractivity contribution in [3.05, 3.63) is 0 Å². The normalized spacial score (nSPS) is 32.2. The standard InChI is InChI=1S/C14H30N2/c1-6-8-9-16-10-13(12(3)4)15-11-14(16,5)7-2/h12-13,15H,6-11H2,1-5H3. The minimum Gasteiger partial charge on any atom is -0.311 e. The Hall–Kier alpha value is -0.0800. The van der Waals surface area contributed by atoms with Gasteiger partial charge in [-0.25, -0.2) is 0 Å². The van der Waals surface area contributed by atoms with E-state index in [9.17, 15) is 0 Å². The van der Waals surface area contributed by atoms with Crippen LogP contribution >= 0.6 is 0 Å². The molecule has 1 N–H and O–H groups in total. The molecule has 2 unspecified atom stereocenters. The Morgan fingerprint density at radius 1 is 1.38 bits per heavy atom. The molecule has 2 heteroatoms. The van der Waals surface area contributed by atoms with Crippen LogP contribution in [-0.4, -0.2) is 36.1 Å². The summed E-state index contributed by atoms with van der Waals surface area (Å²) < 4.78 is 0. The zero-order valence-corrected chi connectivity index (χ0v) is 11.8. The van der Waals surface area contributed by atoms with Crippen LogP contribution in [0.4, 0.5) is 0 Å². The molecule has 1 aliphatic heterocycles. The van der Waals surface area contributed by atoms with E-state index in [1.807, 2.05) is 0 Å². The van der Waals surface area contributed by atoms with E-state index in [-0.39, 0.29) is 0 Å². The topological polar surface area (TPSA) is 15.3 Å². The molecule has 0 aromatic rings. The molecule has 0 aliphatic carbocycles. The van der Waals surface area contributed by atoms with Gasteiger partial charge in [0.1, 0.15) is 0 Å². The van der Waals surface area contributed by atoms with E-state index in [0.717, 1.165) is 12.5 Å². The maximum Gasteiger partial charge on any atom is 0.0303 e. The Kier molecular flexibility index (Phi) is 5.26. The zero-order valence-electron chi connectivity index (χ0n) is 11.8. The molecule has 0 bridgehead atoms. The molecule has 1 rings (SSSR count). The average molecular weight is 226 g/mol. The number of nitrogens with one attached hydrogen (secondary N) is 1. The highest BCUT2D eigenvalue weighted by atomic mass is 15.3. The molecule has 2 atom stereocenters. The second kappa shape index (κ2) is 6.02. The van der Waals surface area contributed by atoms with E-state index in [4.69, 9.17) is 0 Å². The molecule has 1 aliphatic rings. The molecule has 0 amide bonds. The van der Waals surface area contributed by atoms with Gasteiger partial charge < -0.3 is 5.32 Å². The van der Waals surface area contributed by atoms with Crippen molar-refractivity contribution in [2.45, 2.75) is 65.5 Å². The number of nitrogens with zero attached hydrogens (tertiary/aromatic N) is 1. The maximum atomic E-state index is 3.72. The Balaban J connectivity index is 2.62. The number of unbranched alkanes of at least 4 members (excludes halogenated alkanes) is 1. The van der Waals surface area contributed by atoms with Gasteiger partial charge >= 0.3 is 0 Å². The number of hydrogen-bond donors (Lipinski definition) is 1. The quantitative estimate of drug-likeness (QED) is 0.775. The summed E-state index contributed by atoms with van der Waals surface area (Å²) in [6.45, 7) is 15.3. The number of piperazine rings is 1. The molecule has 0 saturated carbocycles. The highest BCUT2D eigenvalue weighted by Gasteiger charge is 2.36. The summed E-state index contributed by atoms with van der Waals surface area (Å²) >= 11 is 0. The van der Waals surface area contributed by atoms with Gasteiger partial charge in [-0.2, -0.15) is 0 Å². The van der Waals surface area contributed by atoms with Crippen molar-refractivity contribution >= 4 is 0 Å². The summed E-state index contributed by atoms with van der Waals surface area (Å²) in [5.41, 5.74) is 0.376. The molecule has 96 valence electrons. The Bertz CT molecular complexity index is 203. The monoisotopic (exact) mass is 226 g/mol. The zero-order chi connectivity index (χ0) is 12.2. The average Bonchev–Trinajstić information content (AvgIpc) is 2.27. The summed E-state index contributed by atoms with van der Waals surface area (Å²) in [6.07, 6.45) is 3.88. The van der Waals surface area contributed by atoms with E-state index in [2.05, 4.69) is 44.8 Å². The van der Waals surface area contributed by atoms with E-state index in [1.165, 1.54) is 32.4 Å². The first kappa shape index (κ1) is 14.0. The van der Waals surface area contributed by atoms with Crippen molar-refractivity contribution in [1.82, 2.24) is 10.2 Å². The third-order valence-electron chi connectivity index (χ3n) is 4.27. The van der Waals surface area contributed by atoms with Crippen LogP contribution in [0.3, 0.4) is 0 Å². The van der Waals surface area contributed by atoms with Crippen molar-refractivity contribution in [3.8, 4) is 0 Å². The molecule has 16 heavy (non-hydrogen) atoms. The first-order valence-electron chi connectivity index (χ1n) is 7.02. The molecular formula is C14H30N2. The molecule has 1 heterocycles. The third kappa shape index (κ3) is 3.21. The first-order chi connectivity index (χ1) is 7.53. The maximum absolute atomic E-state index is 3.72. The molecule has 0 aromatic carbocycles. The SMILES string of the molecule is CCCCN1CC(C(C)C)NCC1(C)CC. The third-order valence-corrected chi connectivity index (χ3v) is 4.27. The molecule has 1 fully saturated rings. The van der Waals surface area contributed by atoms with Gasteiger partial charge in [0.05, 0.1) is 0 Å². The van der Waals surface area contributed by atoms with Crippen molar-refractivity contribution in [1.29, 1.82) is 0 Å². The van der Waals surface area contributed by atoms with Gasteiger partial charge in [0.2, 0.25) is 0 Å². The molecular weight excluding hydrogens is 196 g/mol. The summed E-state index contributed by atoms with van der Waals surface area (Å²) in [5, 5.41) is 3.72. The van der Waals surface area contributed by atoms with Gasteiger partial charge in [0.25, 0.3) is 0 Å². The van der Waals surface area contributed by atoms with E-state index < -0.39 is 0 Å². The minimum absolute atomic E-state index is 0.376. The highest BCUT2D eigenvalue weighted by Crippen LogP contribution is 2.25. The summed E-state index contributed by atoms with van der Waals surface area (Å²) in [4.78, 5) is 2.72. The fourth-order valence-electron chi connectivity index (χ4n) is 2.49. The lowest BCUT2D eigenvalue weighted by Gasteiger charge is -2.49. The van der Waals surface area contributed by atoms with Crippen LogP contribution < -0.4 is 5.32 Å². The van der Waals surface area contributed by atoms with Crippen LogP contribution in [0, 0.1) is 5.92 Å². The molecule has 2 nitrogen and oxygen atoms in total. The van der Waals surface area contributed by atoms with Crippen LogP contribution in [0.15, 0.2) is 0 Å². The fourth-order valence-corrected chi connectivity index (χ4v) is 2.49. The van der Waals surface area contributed by atoms with Crippen molar-refractivity contribution in [2.24, 2.45) is 5.92 Å². The second-order valence-electron chi connectivity index (χ2n) is 5.88. The lowest BCUT2D eigenvalue weighted by molar-refractivity contribution is 0.0376. The van der Waals surface area contributed by atoms with Gasteiger partial charge in [0, 0.05) is 24.7 Å². The van der Waals surface area contributed by atoms with Crippen molar-refractivity contribution in [3.63, 3.8) is 0 Å². The molecule has 0 radical (unpaired) electrons. The van der Waals surface area contributed by atoms with Crippen molar-refractivity contribution < 1.29 is 0 Å². The molecule has 0 aromatic heterocycles. The van der Waals surface area contributed by atoms with Crippen molar-refractivity contribution in [2.75, 3.05) is 19.6 Å². The van der Waals surface area contributed by atoms with E-state index in [1.54, 1.807) is 0 Å². The Labute approximate surface area is 102 Å². The predicted octanol–water partition coefficient (Wildman–Crippen LogP) is 2.89. The van der Waals surface area contributed by atoms with Gasteiger partial charge in [-0.15, -0.1) is 0 Å². The van der Waals surface area contributed by atoms with Gasteiger partial charge in [-0.1, -0.05) is 34.1 Å². The summed E-state index contributed by atoms with van der Waals surface area (Å²) in [7, 11) is 0. The van der Waals surface area contributed by atoms with E-state index in [0.29, 0.717) is 11.6 Å². The smallest absolute Gasteiger partial charge is 0.0303 e. The van der Waals surface area contributed by atoms with Crippen LogP contribution in [0.2, 0.25) is 0 Å². The summed E-state index contributed by atoms with van der Waals surface area (Å²) in [6, 6.07) is 0.677. The molecule has 0 spiro atoms. The van der Waals surface area contributed by atoms with Crippen LogP contribution in [0.1, 0.15) is 53.9 Å². The van der Waals surface area contributed by atoms with Gasteiger partial charge in [-0.05, 0) is 32.2 Å². The Morgan fingerprint density at radius 3 is 2.56 bits per heavy atom. The Morgan fingerprint density at radius 2 is 2.06 bits per heavy atom. The minimum atomic E-state index is 0.376. The van der Waals surface area contributed by atoms with E-state index >= 15 is 0 Å². The predicted molar refractivity (Wildman–Crippen MR) is 71.8 cm³/mol. The van der Waals surface area contributed by atoms with Crippen LogP contribution in [0.5, 0.6) is 0 Å². The lowest BCUT2D eigenvalue weighted by Crippen LogP contribution is -2.64. The van der Waals surface area contributed by atoms with Crippen LogP contribution in [-0.2, 0) is 0 Å². The van der Waals surface area contributed by atoms with Crippen LogP contribution in [0.25, 0.3) is 0 Å². The number of hydrogen-bond acceptors (Lipinski definition) is 2. The van der Waals surface area contributed by atoms with Gasteiger partial charge in [-0.3, -0.25) is 4.90 Å². The summed E-state index contributed by atoms with van der Waals surface area (Å²) in [5.74, 6) is 0.741. The number of rotatable bonds is 5. The fraction of sp³-hybridized carbons (Fsp3) is 1.00.